The first-order chi connectivity index (χ1) is 14.1. The second-order valence-electron chi connectivity index (χ2n) is 7.50. The average Bonchev–Trinajstić information content (AvgIpc) is 2.70. The summed E-state index contributed by atoms with van der Waals surface area (Å²) < 4.78 is 11.1. The van der Waals surface area contributed by atoms with E-state index in [2.05, 4.69) is 22.8 Å². The van der Waals surface area contributed by atoms with Crippen LogP contribution in [0.5, 0.6) is 5.75 Å². The van der Waals surface area contributed by atoms with Gasteiger partial charge in [-0.25, -0.2) is 0 Å². The number of carbonyl (C=O) groups excluding carboxylic acids is 1. The minimum Gasteiger partial charge on any atom is -0.504 e. The number of carbonyl (C=O) groups is 1. The zero-order valence-electron chi connectivity index (χ0n) is 18.3. The molecule has 1 heterocycles. The van der Waals surface area contributed by atoms with Gasteiger partial charge in [-0.05, 0) is 68.9 Å². The van der Waals surface area contributed by atoms with Crippen LogP contribution in [0.3, 0.4) is 0 Å². The molecule has 30 heavy (non-hydrogen) atoms. The Kier molecular flexibility index (Phi) is 7.58. The lowest BCUT2D eigenvalue weighted by Crippen LogP contribution is -2.49. The van der Waals surface area contributed by atoms with Gasteiger partial charge in [0.2, 0.25) is 5.44 Å². The molecule has 0 aliphatic rings. The molecule has 1 aromatic carbocycles. The number of aromatic nitrogens is 1. The third kappa shape index (κ3) is 5.37. The highest BCUT2D eigenvalue weighted by Crippen LogP contribution is 2.27. The number of benzene rings is 1. The number of amides is 1. The van der Waals surface area contributed by atoms with E-state index in [1.54, 1.807) is 19.6 Å². The van der Waals surface area contributed by atoms with Crippen molar-refractivity contribution in [3.05, 3.63) is 59.5 Å². The molecule has 0 fully saturated rings. The highest BCUT2D eigenvalue weighted by molar-refractivity contribution is 7.99. The minimum atomic E-state index is -0.732. The van der Waals surface area contributed by atoms with Gasteiger partial charge in [-0.3, -0.25) is 9.78 Å². The fraction of sp³-hybridized carbons (Fsp3) is 0.333. The lowest BCUT2D eigenvalue weighted by atomic mass is 9.90. The second-order valence-corrected chi connectivity index (χ2v) is 8.39. The summed E-state index contributed by atoms with van der Waals surface area (Å²) in [7, 11) is 1.58. The monoisotopic (exact) mass is 424 g/mol. The summed E-state index contributed by atoms with van der Waals surface area (Å²) >= 11 is 1.31. The fourth-order valence-corrected chi connectivity index (χ4v) is 3.54. The van der Waals surface area contributed by atoms with Gasteiger partial charge >= 0.3 is 0 Å². The van der Waals surface area contributed by atoms with E-state index in [0.29, 0.717) is 11.3 Å². The molecule has 0 saturated carbocycles. The number of terminal acetylenes is 1. The van der Waals surface area contributed by atoms with Crippen LogP contribution in [0.4, 0.5) is 0 Å². The molecular formula is C24H28N2O3S. The summed E-state index contributed by atoms with van der Waals surface area (Å²) in [5.74, 6) is 2.93. The van der Waals surface area contributed by atoms with Crippen molar-refractivity contribution in [1.29, 1.82) is 0 Å². The molecule has 1 atom stereocenters. The maximum atomic E-state index is 12.9. The normalized spacial score (nSPS) is 12.8. The molecule has 0 spiro atoms. The Morgan fingerprint density at radius 2 is 2.10 bits per heavy atom. The molecule has 0 aliphatic heterocycles. The van der Waals surface area contributed by atoms with Crippen LogP contribution in [0.15, 0.2) is 48.4 Å². The van der Waals surface area contributed by atoms with Crippen LogP contribution in [-0.4, -0.2) is 35.2 Å². The van der Waals surface area contributed by atoms with Crippen LogP contribution >= 0.6 is 11.8 Å². The number of nitrogens with zero attached hydrogens (tertiary/aromatic N) is 1. The van der Waals surface area contributed by atoms with Crippen LogP contribution in [-0.2, 0) is 9.53 Å². The highest BCUT2D eigenvalue weighted by atomic mass is 32.2. The Morgan fingerprint density at radius 3 is 2.70 bits per heavy atom. The second kappa shape index (κ2) is 9.73. The van der Waals surface area contributed by atoms with Gasteiger partial charge in [0.15, 0.2) is 0 Å². The first-order valence-corrected chi connectivity index (χ1v) is 10.7. The smallest absolute Gasteiger partial charge is 0.272 e. The molecule has 5 nitrogen and oxygen atoms in total. The SMILES string of the molecule is C#Cc1cnc2c(C)cc(OC(SC)C(=O)NC(C)(C)C(=C)/C(C)=C\OC)cc2c1. The highest BCUT2D eigenvalue weighted by Gasteiger charge is 2.29. The number of ether oxygens (including phenoxy) is 2. The molecule has 0 aliphatic carbocycles. The number of pyridine rings is 1. The minimum absolute atomic E-state index is 0.243. The molecule has 158 valence electrons. The third-order valence-electron chi connectivity index (χ3n) is 4.75. The summed E-state index contributed by atoms with van der Waals surface area (Å²) in [5.41, 5.74) is 2.70. The summed E-state index contributed by atoms with van der Waals surface area (Å²) in [6.45, 7) is 11.7. The van der Waals surface area contributed by atoms with E-state index < -0.39 is 11.0 Å². The standard InChI is InChI=1S/C24H28N2O3S/c1-9-18-11-19-12-20(10-15(2)21(19)25-13-18)29-23(30-8)22(27)26-24(5,6)17(4)16(3)14-28-7/h1,10-14,23H,4H2,2-3,5-8H3,(H,26,27)/b16-14-. The average molecular weight is 425 g/mol. The van der Waals surface area contributed by atoms with E-state index in [1.165, 1.54) is 11.8 Å². The van der Waals surface area contributed by atoms with Gasteiger partial charge in [0.05, 0.1) is 24.4 Å². The maximum Gasteiger partial charge on any atom is 0.272 e. The molecule has 1 unspecified atom stereocenters. The Balaban J connectivity index is 2.24. The van der Waals surface area contributed by atoms with Crippen molar-refractivity contribution in [2.75, 3.05) is 13.4 Å². The Morgan fingerprint density at radius 1 is 1.40 bits per heavy atom. The van der Waals surface area contributed by atoms with Crippen molar-refractivity contribution >= 4 is 28.6 Å². The Bertz CT molecular complexity index is 1030. The first-order valence-electron chi connectivity index (χ1n) is 9.40. The Labute approximate surface area is 182 Å². The molecule has 2 rings (SSSR count). The van der Waals surface area contributed by atoms with E-state index in [-0.39, 0.29) is 5.91 Å². The molecule has 0 bridgehead atoms. The third-order valence-corrected chi connectivity index (χ3v) is 5.48. The van der Waals surface area contributed by atoms with Crippen molar-refractivity contribution in [3.63, 3.8) is 0 Å². The number of hydrogen-bond donors (Lipinski definition) is 1. The van der Waals surface area contributed by atoms with Crippen molar-refractivity contribution < 1.29 is 14.3 Å². The van der Waals surface area contributed by atoms with Crippen LogP contribution in [0.25, 0.3) is 10.9 Å². The van der Waals surface area contributed by atoms with Crippen molar-refractivity contribution in [2.45, 2.75) is 38.7 Å². The fourth-order valence-electron chi connectivity index (χ4n) is 3.06. The van der Waals surface area contributed by atoms with Gasteiger partial charge in [-0.2, -0.15) is 0 Å². The zero-order valence-corrected chi connectivity index (χ0v) is 19.1. The summed E-state index contributed by atoms with van der Waals surface area (Å²) in [5, 5.41) is 3.89. The molecule has 2 aromatic rings. The van der Waals surface area contributed by atoms with Gasteiger partial charge in [-0.1, -0.05) is 12.5 Å². The van der Waals surface area contributed by atoms with Crippen molar-refractivity contribution in [1.82, 2.24) is 10.3 Å². The molecular weight excluding hydrogens is 396 g/mol. The van der Waals surface area contributed by atoms with Crippen LogP contribution in [0.2, 0.25) is 0 Å². The van der Waals surface area contributed by atoms with Crippen LogP contribution in [0.1, 0.15) is 31.9 Å². The summed E-state index contributed by atoms with van der Waals surface area (Å²) in [4.78, 5) is 17.4. The molecule has 0 saturated heterocycles. The number of rotatable bonds is 8. The van der Waals surface area contributed by atoms with E-state index in [9.17, 15) is 4.79 Å². The van der Waals surface area contributed by atoms with E-state index in [1.807, 2.05) is 52.1 Å². The van der Waals surface area contributed by atoms with E-state index in [4.69, 9.17) is 15.9 Å². The van der Waals surface area contributed by atoms with Crippen molar-refractivity contribution in [3.8, 4) is 18.1 Å². The topological polar surface area (TPSA) is 60.5 Å². The molecule has 1 N–H and O–H groups in total. The maximum absolute atomic E-state index is 12.9. The number of thioether (sulfide) groups is 1. The number of nitrogens with one attached hydrogen (secondary N) is 1. The number of aryl methyl sites for hydroxylation is 1. The molecule has 0 radical (unpaired) electrons. The first kappa shape index (κ1) is 23.4. The quantitative estimate of drug-likeness (QED) is 0.291. The van der Waals surface area contributed by atoms with E-state index >= 15 is 0 Å². The molecule has 6 heteroatoms. The number of fused-ring (bicyclic) bond motifs is 1. The lowest BCUT2D eigenvalue weighted by molar-refractivity contribution is -0.125. The number of methoxy groups -OCH3 is 1. The summed E-state index contributed by atoms with van der Waals surface area (Å²) in [6.07, 6.45) is 10.6. The Hall–Kier alpha value is -2.91. The zero-order chi connectivity index (χ0) is 22.5. The van der Waals surface area contributed by atoms with Gasteiger partial charge in [0.25, 0.3) is 5.91 Å². The molecule has 1 aromatic heterocycles. The lowest BCUT2D eigenvalue weighted by Gasteiger charge is -2.31. The summed E-state index contributed by atoms with van der Waals surface area (Å²) in [6, 6.07) is 5.60. The van der Waals surface area contributed by atoms with Gasteiger partial charge < -0.3 is 14.8 Å². The van der Waals surface area contributed by atoms with Crippen LogP contribution < -0.4 is 10.1 Å². The predicted octanol–water partition coefficient (Wildman–Crippen LogP) is 4.59. The van der Waals surface area contributed by atoms with E-state index in [0.717, 1.165) is 27.6 Å². The van der Waals surface area contributed by atoms with Crippen LogP contribution in [0, 0.1) is 19.3 Å². The predicted molar refractivity (Wildman–Crippen MR) is 124 cm³/mol. The van der Waals surface area contributed by atoms with Gasteiger partial charge in [0.1, 0.15) is 5.75 Å². The van der Waals surface area contributed by atoms with Crippen molar-refractivity contribution in [2.24, 2.45) is 0 Å². The molecule has 1 amide bonds. The van der Waals surface area contributed by atoms with Gasteiger partial charge in [0, 0.05) is 17.1 Å². The number of hydrogen-bond acceptors (Lipinski definition) is 5. The largest absolute Gasteiger partial charge is 0.504 e. The van der Waals surface area contributed by atoms with Gasteiger partial charge in [-0.15, -0.1) is 18.2 Å².